The van der Waals surface area contributed by atoms with Crippen LogP contribution in [0.3, 0.4) is 0 Å². The number of nitrogens with one attached hydrogen (secondary N) is 2. The zero-order chi connectivity index (χ0) is 24.1. The molecule has 1 aliphatic rings. The maximum Gasteiger partial charge on any atom is 0.259 e. The number of hydrogen-bond donors (Lipinski definition) is 2. The third kappa shape index (κ3) is 5.18. The minimum Gasteiger partial charge on any atom is -0.340 e. The molecule has 3 aromatic heterocycles. The van der Waals surface area contributed by atoms with Gasteiger partial charge in [-0.2, -0.15) is 0 Å². The zero-order valence-electron chi connectivity index (χ0n) is 20.4. The summed E-state index contributed by atoms with van der Waals surface area (Å²) in [5.41, 5.74) is 4.56. The van der Waals surface area contributed by atoms with E-state index < -0.39 is 0 Å². The van der Waals surface area contributed by atoms with E-state index in [1.54, 1.807) is 6.20 Å². The SMILES string of the molecule is CC.Cc1cccc(-c2cc3cc[nH]c(=O)c3c(Nc3ccc(C4CCN(C)CC4)cc3)n2)n1. The summed E-state index contributed by atoms with van der Waals surface area (Å²) in [5.74, 6) is 1.15. The smallest absolute Gasteiger partial charge is 0.259 e. The second-order valence-electron chi connectivity index (χ2n) is 8.62. The number of H-pyrrole nitrogens is 1. The fraction of sp³-hybridized carbons (Fsp3) is 0.321. The van der Waals surface area contributed by atoms with E-state index in [4.69, 9.17) is 4.98 Å². The van der Waals surface area contributed by atoms with Crippen LogP contribution in [-0.4, -0.2) is 40.0 Å². The summed E-state index contributed by atoms with van der Waals surface area (Å²) in [6.45, 7) is 8.24. The Morgan fingerprint density at radius 1 is 0.971 bits per heavy atom. The lowest BCUT2D eigenvalue weighted by Gasteiger charge is -2.29. The molecular formula is C28H33N5O. The Bertz CT molecular complexity index is 1300. The Kier molecular flexibility index (Phi) is 7.38. The molecule has 1 aromatic carbocycles. The second-order valence-corrected chi connectivity index (χ2v) is 8.62. The molecule has 0 spiro atoms. The van der Waals surface area contributed by atoms with Crippen molar-refractivity contribution in [3.63, 3.8) is 0 Å². The van der Waals surface area contributed by atoms with Crippen molar-refractivity contribution in [2.24, 2.45) is 0 Å². The van der Waals surface area contributed by atoms with E-state index in [-0.39, 0.29) is 5.56 Å². The number of piperidine rings is 1. The largest absolute Gasteiger partial charge is 0.340 e. The zero-order valence-corrected chi connectivity index (χ0v) is 20.4. The molecule has 0 amide bonds. The highest BCUT2D eigenvalue weighted by molar-refractivity contribution is 5.94. The van der Waals surface area contributed by atoms with Crippen LogP contribution in [0.25, 0.3) is 22.2 Å². The number of rotatable bonds is 4. The van der Waals surface area contributed by atoms with Crippen molar-refractivity contribution in [2.75, 3.05) is 25.5 Å². The number of hydrogen-bond acceptors (Lipinski definition) is 5. The van der Waals surface area contributed by atoms with Gasteiger partial charge in [0.05, 0.1) is 16.8 Å². The Hall–Kier alpha value is -3.51. The summed E-state index contributed by atoms with van der Waals surface area (Å²) in [7, 11) is 2.18. The normalized spacial score (nSPS) is 14.5. The standard InChI is InChI=1S/C26H27N5O.C2H6/c1-17-4-3-5-22(28-17)23-16-20-10-13-27-26(32)24(20)25(30-23)29-21-8-6-18(7-9-21)19-11-14-31(2)15-12-19;1-2/h3-10,13,16,19H,11-12,14-15H2,1-2H3,(H,27,32)(H,29,30);1-2H3. The summed E-state index contributed by atoms with van der Waals surface area (Å²) in [5, 5.41) is 4.75. The molecule has 4 heterocycles. The number of aryl methyl sites for hydroxylation is 1. The minimum absolute atomic E-state index is 0.163. The highest BCUT2D eigenvalue weighted by atomic mass is 16.1. The highest BCUT2D eigenvalue weighted by Gasteiger charge is 2.18. The van der Waals surface area contributed by atoms with Gasteiger partial charge in [-0.25, -0.2) is 4.98 Å². The number of aromatic nitrogens is 3. The number of likely N-dealkylation sites (tertiary alicyclic amines) is 1. The number of anilines is 2. The third-order valence-electron chi connectivity index (χ3n) is 6.27. The third-order valence-corrected chi connectivity index (χ3v) is 6.27. The van der Waals surface area contributed by atoms with Gasteiger partial charge in [0.1, 0.15) is 5.82 Å². The molecule has 176 valence electrons. The molecule has 0 radical (unpaired) electrons. The number of aromatic amines is 1. The second kappa shape index (κ2) is 10.6. The van der Waals surface area contributed by atoms with Crippen LogP contribution in [-0.2, 0) is 0 Å². The summed E-state index contributed by atoms with van der Waals surface area (Å²) < 4.78 is 0. The van der Waals surface area contributed by atoms with Crippen molar-refractivity contribution in [1.82, 2.24) is 19.9 Å². The van der Waals surface area contributed by atoms with E-state index in [1.165, 1.54) is 18.4 Å². The van der Waals surface area contributed by atoms with Crippen molar-refractivity contribution in [2.45, 2.75) is 39.5 Å². The molecule has 1 fully saturated rings. The fourth-order valence-corrected chi connectivity index (χ4v) is 4.44. The lowest BCUT2D eigenvalue weighted by Crippen LogP contribution is -2.29. The fourth-order valence-electron chi connectivity index (χ4n) is 4.44. The molecule has 4 aromatic rings. The van der Waals surface area contributed by atoms with Crippen molar-refractivity contribution in [1.29, 1.82) is 0 Å². The molecule has 0 aliphatic carbocycles. The quantitative estimate of drug-likeness (QED) is 0.402. The van der Waals surface area contributed by atoms with E-state index >= 15 is 0 Å². The maximum atomic E-state index is 12.6. The van der Waals surface area contributed by atoms with Crippen LogP contribution in [0.15, 0.2) is 65.6 Å². The summed E-state index contributed by atoms with van der Waals surface area (Å²) in [4.78, 5) is 27.2. The van der Waals surface area contributed by atoms with Gasteiger partial charge in [0.2, 0.25) is 0 Å². The van der Waals surface area contributed by atoms with Crippen LogP contribution in [0, 0.1) is 6.92 Å². The van der Waals surface area contributed by atoms with E-state index in [1.807, 2.05) is 51.1 Å². The molecule has 0 unspecified atom stereocenters. The first-order valence-corrected chi connectivity index (χ1v) is 12.1. The molecule has 0 saturated carbocycles. The van der Waals surface area contributed by atoms with Gasteiger partial charge in [0.25, 0.3) is 5.56 Å². The van der Waals surface area contributed by atoms with E-state index in [0.29, 0.717) is 17.1 Å². The van der Waals surface area contributed by atoms with Crippen LogP contribution in [0.2, 0.25) is 0 Å². The van der Waals surface area contributed by atoms with Gasteiger partial charge >= 0.3 is 0 Å². The first kappa shape index (κ1) is 23.6. The summed E-state index contributed by atoms with van der Waals surface area (Å²) >= 11 is 0. The molecule has 1 aliphatic heterocycles. The van der Waals surface area contributed by atoms with E-state index in [2.05, 4.69) is 51.5 Å². The molecule has 0 bridgehead atoms. The first-order chi connectivity index (χ1) is 16.6. The predicted molar refractivity (Wildman–Crippen MR) is 141 cm³/mol. The number of pyridine rings is 3. The molecule has 5 rings (SSSR count). The molecule has 0 atom stereocenters. The molecule has 6 heteroatoms. The molecule has 2 N–H and O–H groups in total. The lowest BCUT2D eigenvalue weighted by molar-refractivity contribution is 0.255. The van der Waals surface area contributed by atoms with Gasteiger partial charge in [-0.3, -0.25) is 9.78 Å². The minimum atomic E-state index is -0.163. The van der Waals surface area contributed by atoms with Gasteiger partial charge in [-0.05, 0) is 93.2 Å². The Balaban J connectivity index is 0.00000133. The highest BCUT2D eigenvalue weighted by Crippen LogP contribution is 2.30. The van der Waals surface area contributed by atoms with Crippen molar-refractivity contribution in [3.8, 4) is 11.4 Å². The Morgan fingerprint density at radius 2 is 1.71 bits per heavy atom. The maximum absolute atomic E-state index is 12.6. The number of benzene rings is 1. The van der Waals surface area contributed by atoms with Crippen LogP contribution >= 0.6 is 0 Å². The molecular weight excluding hydrogens is 422 g/mol. The lowest BCUT2D eigenvalue weighted by atomic mass is 9.89. The van der Waals surface area contributed by atoms with Gasteiger partial charge in [-0.1, -0.05) is 32.0 Å². The van der Waals surface area contributed by atoms with Gasteiger partial charge in [0, 0.05) is 17.6 Å². The average Bonchev–Trinajstić information content (AvgIpc) is 2.86. The Labute approximate surface area is 201 Å². The summed E-state index contributed by atoms with van der Waals surface area (Å²) in [6.07, 6.45) is 4.05. The Morgan fingerprint density at radius 3 is 2.41 bits per heavy atom. The summed E-state index contributed by atoms with van der Waals surface area (Å²) in [6, 6.07) is 18.2. The van der Waals surface area contributed by atoms with Gasteiger partial charge in [0.15, 0.2) is 0 Å². The van der Waals surface area contributed by atoms with Crippen molar-refractivity contribution >= 4 is 22.3 Å². The van der Waals surface area contributed by atoms with Gasteiger partial charge < -0.3 is 15.2 Å². The van der Waals surface area contributed by atoms with Crippen molar-refractivity contribution in [3.05, 3.63) is 82.4 Å². The number of nitrogens with zero attached hydrogens (tertiary/aromatic N) is 3. The van der Waals surface area contributed by atoms with E-state index in [9.17, 15) is 4.79 Å². The van der Waals surface area contributed by atoms with E-state index in [0.717, 1.165) is 41.2 Å². The van der Waals surface area contributed by atoms with Crippen LogP contribution in [0.5, 0.6) is 0 Å². The predicted octanol–water partition coefficient (Wildman–Crippen LogP) is 5.87. The van der Waals surface area contributed by atoms with Gasteiger partial charge in [-0.15, -0.1) is 0 Å². The molecule has 6 nitrogen and oxygen atoms in total. The van der Waals surface area contributed by atoms with Crippen LogP contribution in [0.1, 0.15) is 43.9 Å². The van der Waals surface area contributed by atoms with Crippen LogP contribution < -0.4 is 10.9 Å². The number of fused-ring (bicyclic) bond motifs is 1. The molecule has 1 saturated heterocycles. The van der Waals surface area contributed by atoms with Crippen LogP contribution in [0.4, 0.5) is 11.5 Å². The van der Waals surface area contributed by atoms with Crippen molar-refractivity contribution < 1.29 is 0 Å². The first-order valence-electron chi connectivity index (χ1n) is 12.1. The monoisotopic (exact) mass is 455 g/mol. The molecule has 34 heavy (non-hydrogen) atoms. The topological polar surface area (TPSA) is 73.9 Å². The average molecular weight is 456 g/mol.